The van der Waals surface area contributed by atoms with Crippen LogP contribution in [0, 0.1) is 0 Å². The summed E-state index contributed by atoms with van der Waals surface area (Å²) in [6, 6.07) is 18.5. The molecule has 45 heavy (non-hydrogen) atoms. The fraction of sp³-hybridized carbons (Fsp3) is 0.206. The Labute approximate surface area is 276 Å². The molecule has 1 aliphatic rings. The molecule has 8 nitrogen and oxygen atoms in total. The van der Waals surface area contributed by atoms with Crippen LogP contribution in [0.3, 0.4) is 0 Å². The molecule has 230 valence electrons. The average Bonchev–Trinajstić information content (AvgIpc) is 3.53. The van der Waals surface area contributed by atoms with Gasteiger partial charge in [-0.1, -0.05) is 75.3 Å². The number of ether oxygens (including phenoxy) is 3. The molecule has 0 N–H and O–H groups in total. The van der Waals surface area contributed by atoms with Crippen LogP contribution in [0.4, 0.5) is 0 Å². The Morgan fingerprint density at radius 2 is 1.80 bits per heavy atom. The van der Waals surface area contributed by atoms with Gasteiger partial charge in [-0.25, -0.2) is 9.79 Å². The zero-order valence-corrected chi connectivity index (χ0v) is 28.1. The SMILES string of the molecule is CCOC(=O)C1=C(C)N=c2s/c(=C/c3cn(Cc4ccccc4Cl)c4ccccc34)c(=O)n2[C@@H]1c1cc(OC)c(OC)cc1Br. The van der Waals surface area contributed by atoms with E-state index >= 15 is 0 Å². The van der Waals surface area contributed by atoms with Gasteiger partial charge in [0.05, 0.1) is 42.7 Å². The van der Waals surface area contributed by atoms with Crippen LogP contribution in [0.2, 0.25) is 5.02 Å². The number of hydrogen-bond acceptors (Lipinski definition) is 7. The second-order valence-corrected chi connectivity index (χ2v) is 12.6. The van der Waals surface area contributed by atoms with Crippen LogP contribution in [0.15, 0.2) is 92.4 Å². The molecule has 2 aromatic heterocycles. The number of allylic oxidation sites excluding steroid dienone is 1. The number of benzene rings is 3. The number of hydrogen-bond donors (Lipinski definition) is 0. The van der Waals surface area contributed by atoms with Crippen molar-refractivity contribution in [3.8, 4) is 11.5 Å². The number of aromatic nitrogens is 2. The third-order valence-electron chi connectivity index (χ3n) is 7.72. The van der Waals surface area contributed by atoms with E-state index in [0.29, 0.717) is 48.1 Å². The highest BCUT2D eigenvalue weighted by molar-refractivity contribution is 9.10. The van der Waals surface area contributed by atoms with Crippen molar-refractivity contribution in [1.82, 2.24) is 9.13 Å². The zero-order chi connectivity index (χ0) is 31.8. The Bertz CT molecular complexity index is 2180. The number of carbonyl (C=O) groups excluding carboxylic acids is 1. The summed E-state index contributed by atoms with van der Waals surface area (Å²) in [5.41, 5.74) is 4.01. The molecule has 6 rings (SSSR count). The predicted molar refractivity (Wildman–Crippen MR) is 180 cm³/mol. The van der Waals surface area contributed by atoms with E-state index in [0.717, 1.165) is 22.0 Å². The molecule has 5 aromatic rings. The van der Waals surface area contributed by atoms with Crippen molar-refractivity contribution < 1.29 is 19.0 Å². The highest BCUT2D eigenvalue weighted by Gasteiger charge is 2.35. The molecule has 0 fully saturated rings. The predicted octanol–water partition coefficient (Wildman–Crippen LogP) is 6.23. The zero-order valence-electron chi connectivity index (χ0n) is 25.0. The van der Waals surface area contributed by atoms with Gasteiger partial charge in [-0.05, 0) is 55.3 Å². The summed E-state index contributed by atoms with van der Waals surface area (Å²) in [7, 11) is 3.09. The lowest BCUT2D eigenvalue weighted by atomic mass is 9.95. The smallest absolute Gasteiger partial charge is 0.338 e. The third kappa shape index (κ3) is 5.62. The molecule has 0 aliphatic carbocycles. The van der Waals surface area contributed by atoms with Gasteiger partial charge < -0.3 is 18.8 Å². The Kier molecular flexibility index (Phi) is 8.72. The number of nitrogens with zero attached hydrogens (tertiary/aromatic N) is 3. The molecule has 0 spiro atoms. The van der Waals surface area contributed by atoms with Gasteiger partial charge in [0, 0.05) is 38.7 Å². The molecule has 3 heterocycles. The first-order chi connectivity index (χ1) is 21.7. The lowest BCUT2D eigenvalue weighted by Gasteiger charge is -2.26. The van der Waals surface area contributed by atoms with Crippen molar-refractivity contribution in [1.29, 1.82) is 0 Å². The van der Waals surface area contributed by atoms with Gasteiger partial charge in [0.1, 0.15) is 0 Å². The fourth-order valence-corrected chi connectivity index (χ4v) is 7.41. The van der Waals surface area contributed by atoms with Crippen molar-refractivity contribution in [2.24, 2.45) is 4.99 Å². The highest BCUT2D eigenvalue weighted by atomic mass is 79.9. The molecule has 0 saturated carbocycles. The second-order valence-electron chi connectivity index (χ2n) is 10.4. The standard InChI is InChI=1S/C34H29BrClN3O5S/c1-5-44-33(41)30-19(2)37-34-39(31(30)23-15-27(42-3)28(43-4)16-24(23)35)32(40)29(45-34)14-21-18-38(26-13-9-7-11-22(21)26)17-20-10-6-8-12-25(20)36/h6-16,18,31H,5,17H2,1-4H3/b29-14+/t31-/m1/s1. The first kappa shape index (κ1) is 30.9. The first-order valence-electron chi connectivity index (χ1n) is 14.2. The van der Waals surface area contributed by atoms with Crippen LogP contribution >= 0.6 is 38.9 Å². The van der Waals surface area contributed by atoms with Crippen LogP contribution < -0.4 is 24.4 Å². The van der Waals surface area contributed by atoms with Crippen molar-refractivity contribution in [2.45, 2.75) is 26.4 Å². The van der Waals surface area contributed by atoms with Crippen molar-refractivity contribution >= 4 is 61.8 Å². The van der Waals surface area contributed by atoms with Crippen molar-refractivity contribution in [2.75, 3.05) is 20.8 Å². The minimum Gasteiger partial charge on any atom is -0.493 e. The van der Waals surface area contributed by atoms with Gasteiger partial charge in [-0.15, -0.1) is 0 Å². The number of esters is 1. The molecule has 11 heteroatoms. The average molecular weight is 707 g/mol. The number of rotatable bonds is 8. The van der Waals surface area contributed by atoms with E-state index in [1.165, 1.54) is 18.4 Å². The highest BCUT2D eigenvalue weighted by Crippen LogP contribution is 2.41. The Hall–Kier alpha value is -4.12. The van der Waals surface area contributed by atoms with Crippen molar-refractivity contribution in [3.63, 3.8) is 0 Å². The van der Waals surface area contributed by atoms with Gasteiger partial charge >= 0.3 is 5.97 Å². The Balaban J connectivity index is 1.55. The molecule has 0 amide bonds. The summed E-state index contributed by atoms with van der Waals surface area (Å²) in [5, 5.41) is 1.69. The number of thiazole rings is 1. The number of methoxy groups -OCH3 is 2. The van der Waals surface area contributed by atoms with Gasteiger partial charge in [0.25, 0.3) is 5.56 Å². The van der Waals surface area contributed by atoms with Gasteiger partial charge in [0.15, 0.2) is 16.3 Å². The van der Waals surface area contributed by atoms with Gasteiger partial charge in [0.2, 0.25) is 0 Å². The molecule has 0 bridgehead atoms. The van der Waals surface area contributed by atoms with E-state index in [-0.39, 0.29) is 17.7 Å². The second kappa shape index (κ2) is 12.7. The largest absolute Gasteiger partial charge is 0.493 e. The summed E-state index contributed by atoms with van der Waals surface area (Å²) >= 11 is 11.4. The van der Waals surface area contributed by atoms with Crippen LogP contribution in [0.1, 0.15) is 36.6 Å². The molecule has 1 aliphatic heterocycles. The fourth-order valence-electron chi connectivity index (χ4n) is 5.64. The summed E-state index contributed by atoms with van der Waals surface area (Å²) in [6.45, 7) is 4.25. The lowest BCUT2D eigenvalue weighted by Crippen LogP contribution is -2.40. The van der Waals surface area contributed by atoms with E-state index in [9.17, 15) is 9.59 Å². The van der Waals surface area contributed by atoms with E-state index in [1.807, 2.05) is 54.7 Å². The Morgan fingerprint density at radius 1 is 1.09 bits per heavy atom. The van der Waals surface area contributed by atoms with Crippen LogP contribution in [-0.2, 0) is 16.1 Å². The van der Waals surface area contributed by atoms with Gasteiger partial charge in [-0.3, -0.25) is 9.36 Å². The third-order valence-corrected chi connectivity index (χ3v) is 9.76. The normalized spacial score (nSPS) is 14.8. The summed E-state index contributed by atoms with van der Waals surface area (Å²) in [6.07, 6.45) is 3.92. The molecular weight excluding hydrogens is 678 g/mol. The summed E-state index contributed by atoms with van der Waals surface area (Å²) in [5.74, 6) is 0.427. The maximum absolute atomic E-state index is 14.3. The quantitative estimate of drug-likeness (QED) is 0.179. The number of halogens is 2. The van der Waals surface area contributed by atoms with E-state index in [4.69, 9.17) is 30.8 Å². The minimum atomic E-state index is -0.821. The molecule has 1 atom stereocenters. The van der Waals surface area contributed by atoms with Crippen LogP contribution in [0.5, 0.6) is 11.5 Å². The number of fused-ring (bicyclic) bond motifs is 2. The number of para-hydroxylation sites is 1. The summed E-state index contributed by atoms with van der Waals surface area (Å²) < 4.78 is 21.3. The number of carbonyl (C=O) groups is 1. The van der Waals surface area contributed by atoms with E-state index < -0.39 is 12.0 Å². The monoisotopic (exact) mass is 705 g/mol. The molecule has 0 saturated heterocycles. The van der Waals surface area contributed by atoms with Gasteiger partial charge in [-0.2, -0.15) is 0 Å². The molecular formula is C34H29BrClN3O5S. The molecule has 0 unspecified atom stereocenters. The maximum atomic E-state index is 14.3. The Morgan fingerprint density at radius 3 is 2.53 bits per heavy atom. The van der Waals surface area contributed by atoms with Crippen molar-refractivity contribution in [3.05, 3.63) is 124 Å². The van der Waals surface area contributed by atoms with E-state index in [2.05, 4.69) is 26.6 Å². The maximum Gasteiger partial charge on any atom is 0.338 e. The minimum absolute atomic E-state index is 0.179. The van der Waals surface area contributed by atoms with E-state index in [1.54, 1.807) is 37.7 Å². The molecule has 0 radical (unpaired) electrons. The lowest BCUT2D eigenvalue weighted by molar-refractivity contribution is -0.139. The summed E-state index contributed by atoms with van der Waals surface area (Å²) in [4.78, 5) is 32.9. The van der Waals surface area contributed by atoms with Crippen LogP contribution in [-0.4, -0.2) is 35.9 Å². The molecule has 3 aromatic carbocycles. The van der Waals surface area contributed by atoms with Crippen LogP contribution in [0.25, 0.3) is 17.0 Å². The topological polar surface area (TPSA) is 84.1 Å². The first-order valence-corrected chi connectivity index (χ1v) is 16.2.